The first-order chi connectivity index (χ1) is 12.4. The van der Waals surface area contributed by atoms with Gasteiger partial charge in [0.1, 0.15) is 6.54 Å². The van der Waals surface area contributed by atoms with Crippen LogP contribution in [0.25, 0.3) is 16.6 Å². The van der Waals surface area contributed by atoms with Gasteiger partial charge in [-0.1, -0.05) is 18.2 Å². The average molecular weight is 354 g/mol. The van der Waals surface area contributed by atoms with Gasteiger partial charge < -0.3 is 9.64 Å². The maximum Gasteiger partial charge on any atom is 0.351 e. The highest BCUT2D eigenvalue weighted by atomic mass is 16.5. The molecule has 0 spiro atoms. The van der Waals surface area contributed by atoms with Crippen LogP contribution in [0.3, 0.4) is 0 Å². The Balaban J connectivity index is 1.72. The van der Waals surface area contributed by atoms with Gasteiger partial charge in [0.15, 0.2) is 5.65 Å². The molecule has 3 heterocycles. The van der Waals surface area contributed by atoms with E-state index in [0.29, 0.717) is 18.7 Å². The molecule has 1 fully saturated rings. The molecule has 7 nitrogen and oxygen atoms in total. The minimum absolute atomic E-state index is 0.00770. The highest BCUT2D eigenvalue weighted by Gasteiger charge is 2.26. The normalized spacial score (nSPS) is 20.8. The molecule has 2 atom stereocenters. The first kappa shape index (κ1) is 16.8. The van der Waals surface area contributed by atoms with Crippen molar-refractivity contribution in [2.75, 3.05) is 13.1 Å². The number of rotatable bonds is 2. The summed E-state index contributed by atoms with van der Waals surface area (Å²) in [5.41, 5.74) is 2.00. The van der Waals surface area contributed by atoms with Crippen molar-refractivity contribution in [3.63, 3.8) is 0 Å². The van der Waals surface area contributed by atoms with Crippen LogP contribution in [0.1, 0.15) is 19.4 Å². The number of hydrogen-bond acceptors (Lipinski definition) is 4. The van der Waals surface area contributed by atoms with Gasteiger partial charge in [-0.25, -0.2) is 13.9 Å². The monoisotopic (exact) mass is 354 g/mol. The molecule has 0 N–H and O–H groups in total. The Morgan fingerprint density at radius 1 is 1.23 bits per heavy atom. The zero-order valence-corrected chi connectivity index (χ0v) is 15.2. The van der Waals surface area contributed by atoms with E-state index in [1.54, 1.807) is 9.30 Å². The molecule has 1 aliphatic heterocycles. The van der Waals surface area contributed by atoms with Gasteiger partial charge in [-0.3, -0.25) is 4.79 Å². The smallest absolute Gasteiger partial charge is 0.351 e. The molecule has 3 aromatic rings. The fourth-order valence-corrected chi connectivity index (χ4v) is 3.70. The van der Waals surface area contributed by atoms with E-state index in [1.807, 2.05) is 51.1 Å². The molecule has 0 bridgehead atoms. The third-order valence-electron chi connectivity index (χ3n) is 4.80. The molecule has 26 heavy (non-hydrogen) atoms. The Kier molecular flexibility index (Phi) is 4.03. The number of fused-ring (bicyclic) bond motifs is 3. The van der Waals surface area contributed by atoms with Gasteiger partial charge in [0.05, 0.1) is 17.7 Å². The summed E-state index contributed by atoms with van der Waals surface area (Å²) in [5.74, 6) is -0.112. The first-order valence-corrected chi connectivity index (χ1v) is 8.85. The molecule has 1 aromatic carbocycles. The molecule has 1 amide bonds. The van der Waals surface area contributed by atoms with Gasteiger partial charge >= 0.3 is 5.69 Å². The Morgan fingerprint density at radius 3 is 2.65 bits per heavy atom. The largest absolute Gasteiger partial charge is 0.372 e. The zero-order chi connectivity index (χ0) is 18.4. The molecule has 0 aliphatic carbocycles. The van der Waals surface area contributed by atoms with Crippen LogP contribution in [-0.4, -0.2) is 50.3 Å². The highest BCUT2D eigenvalue weighted by Crippen LogP contribution is 2.18. The van der Waals surface area contributed by atoms with Crippen molar-refractivity contribution >= 4 is 22.5 Å². The minimum atomic E-state index is -0.289. The van der Waals surface area contributed by atoms with Crippen LogP contribution in [0.2, 0.25) is 0 Å². The predicted octanol–water partition coefficient (Wildman–Crippen LogP) is 1.59. The third-order valence-corrected chi connectivity index (χ3v) is 4.80. The number of morpholine rings is 1. The van der Waals surface area contributed by atoms with E-state index >= 15 is 0 Å². The number of para-hydroxylation sites is 1. The lowest BCUT2D eigenvalue weighted by Gasteiger charge is -2.35. The molecule has 136 valence electrons. The summed E-state index contributed by atoms with van der Waals surface area (Å²) in [5, 5.41) is 5.40. The van der Waals surface area contributed by atoms with Gasteiger partial charge in [-0.15, -0.1) is 5.10 Å². The van der Waals surface area contributed by atoms with E-state index in [0.717, 1.165) is 16.5 Å². The molecule has 2 unspecified atom stereocenters. The summed E-state index contributed by atoms with van der Waals surface area (Å²) in [6, 6.07) is 9.69. The Labute approximate surface area is 150 Å². The maximum atomic E-state index is 12.9. The van der Waals surface area contributed by atoms with E-state index in [1.165, 1.54) is 4.68 Å². The van der Waals surface area contributed by atoms with Crippen molar-refractivity contribution in [1.82, 2.24) is 19.1 Å². The third kappa shape index (κ3) is 2.78. The van der Waals surface area contributed by atoms with Crippen molar-refractivity contribution in [2.45, 2.75) is 39.5 Å². The number of amides is 1. The summed E-state index contributed by atoms with van der Waals surface area (Å²) in [6.45, 7) is 6.82. The van der Waals surface area contributed by atoms with Gasteiger partial charge in [0, 0.05) is 13.1 Å². The molecule has 1 saturated heterocycles. The lowest BCUT2D eigenvalue weighted by atomic mass is 10.1. The van der Waals surface area contributed by atoms with Crippen molar-refractivity contribution in [2.24, 2.45) is 0 Å². The fourth-order valence-electron chi connectivity index (χ4n) is 3.70. The molecular weight excluding hydrogens is 332 g/mol. The Morgan fingerprint density at radius 2 is 1.92 bits per heavy atom. The molecule has 0 saturated carbocycles. The number of pyridine rings is 1. The number of aromatic nitrogens is 3. The van der Waals surface area contributed by atoms with Crippen LogP contribution in [0, 0.1) is 6.92 Å². The van der Waals surface area contributed by atoms with E-state index in [4.69, 9.17) is 4.74 Å². The van der Waals surface area contributed by atoms with E-state index in [9.17, 15) is 9.59 Å². The van der Waals surface area contributed by atoms with Crippen molar-refractivity contribution < 1.29 is 9.53 Å². The first-order valence-electron chi connectivity index (χ1n) is 8.85. The summed E-state index contributed by atoms with van der Waals surface area (Å²) < 4.78 is 8.52. The maximum absolute atomic E-state index is 12.9. The molecule has 2 aromatic heterocycles. The zero-order valence-electron chi connectivity index (χ0n) is 15.2. The number of hydrogen-bond donors (Lipinski definition) is 0. The topological polar surface area (TPSA) is 68.8 Å². The van der Waals surface area contributed by atoms with Gasteiger partial charge in [0.2, 0.25) is 5.91 Å². The minimum Gasteiger partial charge on any atom is -0.372 e. The van der Waals surface area contributed by atoms with Crippen LogP contribution < -0.4 is 5.69 Å². The lowest BCUT2D eigenvalue weighted by Crippen LogP contribution is -2.49. The Bertz CT molecular complexity index is 1040. The van der Waals surface area contributed by atoms with E-state index in [2.05, 4.69) is 5.10 Å². The molecular formula is C19H22N4O3. The Hall–Kier alpha value is -2.67. The number of carbonyl (C=O) groups excluding carboxylic acids is 1. The van der Waals surface area contributed by atoms with Crippen LogP contribution in [0.15, 0.2) is 35.1 Å². The molecule has 0 radical (unpaired) electrons. The molecule has 4 rings (SSSR count). The summed E-state index contributed by atoms with van der Waals surface area (Å²) in [7, 11) is 0. The van der Waals surface area contributed by atoms with Gasteiger partial charge in [-0.2, -0.15) is 0 Å². The van der Waals surface area contributed by atoms with E-state index in [-0.39, 0.29) is 30.3 Å². The number of carbonyl (C=O) groups is 1. The second-order valence-electron chi connectivity index (χ2n) is 7.04. The SMILES string of the molecule is Cc1cc2ccccc2n2c(=O)n(CC(=O)N3CC(C)OC(C)C3)nc12. The van der Waals surface area contributed by atoms with Gasteiger partial charge in [-0.05, 0) is 43.9 Å². The summed E-state index contributed by atoms with van der Waals surface area (Å²) in [4.78, 5) is 27.4. The fraction of sp³-hybridized carbons (Fsp3) is 0.421. The van der Waals surface area contributed by atoms with Crippen LogP contribution in [0.5, 0.6) is 0 Å². The quantitative estimate of drug-likeness (QED) is 0.701. The highest BCUT2D eigenvalue weighted by molar-refractivity contribution is 5.83. The number of benzene rings is 1. The van der Waals surface area contributed by atoms with Crippen LogP contribution >= 0.6 is 0 Å². The second-order valence-corrected chi connectivity index (χ2v) is 7.04. The van der Waals surface area contributed by atoms with Crippen molar-refractivity contribution in [3.05, 3.63) is 46.4 Å². The summed E-state index contributed by atoms with van der Waals surface area (Å²) in [6.07, 6.45) is -0.0154. The lowest BCUT2D eigenvalue weighted by molar-refractivity contribution is -0.144. The number of ether oxygens (including phenoxy) is 1. The van der Waals surface area contributed by atoms with Crippen LogP contribution in [0.4, 0.5) is 0 Å². The van der Waals surface area contributed by atoms with Crippen molar-refractivity contribution in [3.8, 4) is 0 Å². The number of aryl methyl sites for hydroxylation is 1. The summed E-state index contributed by atoms with van der Waals surface area (Å²) >= 11 is 0. The van der Waals surface area contributed by atoms with Gasteiger partial charge in [0.25, 0.3) is 0 Å². The number of nitrogens with zero attached hydrogens (tertiary/aromatic N) is 4. The molecule has 1 aliphatic rings. The average Bonchev–Trinajstić information content (AvgIpc) is 2.92. The van der Waals surface area contributed by atoms with Crippen molar-refractivity contribution in [1.29, 1.82) is 0 Å². The molecule has 7 heteroatoms. The van der Waals surface area contributed by atoms with Crippen LogP contribution in [-0.2, 0) is 16.1 Å². The standard InChI is InChI=1S/C19H22N4O3/c1-12-8-15-6-4-5-7-16(15)23-18(12)20-22(19(23)25)11-17(24)21-9-13(2)26-14(3)10-21/h4-8,13-14H,9-11H2,1-3H3. The second kappa shape index (κ2) is 6.25. The predicted molar refractivity (Wildman–Crippen MR) is 98.3 cm³/mol. The van der Waals surface area contributed by atoms with E-state index < -0.39 is 0 Å².